The number of allylic oxidation sites excluding steroid dienone is 5. The molecule has 4 nitrogen and oxygen atoms in total. The zero-order valence-electron chi connectivity index (χ0n) is 29.0. The lowest BCUT2D eigenvalue weighted by Crippen LogP contribution is -2.55. The van der Waals surface area contributed by atoms with Crippen molar-refractivity contribution in [2.75, 3.05) is 12.9 Å². The minimum absolute atomic E-state index is 0.0164. The molecule has 0 aromatic heterocycles. The maximum Gasteiger partial charge on any atom is 0.264 e. The zero-order chi connectivity index (χ0) is 31.5. The summed E-state index contributed by atoms with van der Waals surface area (Å²) in [5.41, 5.74) is 5.01. The molecule has 0 aromatic rings. The summed E-state index contributed by atoms with van der Waals surface area (Å²) in [5.74, 6) is 1.91. The molecular weight excluding hydrogens is 557 g/mol. The molecule has 6 heteroatoms. The van der Waals surface area contributed by atoms with Gasteiger partial charge in [-0.15, -0.1) is 0 Å². The van der Waals surface area contributed by atoms with Crippen molar-refractivity contribution in [1.29, 1.82) is 0 Å². The molecule has 42 heavy (non-hydrogen) atoms. The molecule has 0 aromatic carbocycles. The second-order valence-corrected chi connectivity index (χ2v) is 23.6. The first kappa shape index (κ1) is 34.2. The highest BCUT2D eigenvalue weighted by atomic mass is 32.2. The lowest BCUT2D eigenvalue weighted by atomic mass is 9.46. The van der Waals surface area contributed by atoms with Gasteiger partial charge >= 0.3 is 0 Å². The molecule has 0 spiro atoms. The summed E-state index contributed by atoms with van der Waals surface area (Å²) in [5, 5.41) is 0.209. The average molecular weight is 619 g/mol. The van der Waals surface area contributed by atoms with Crippen molar-refractivity contribution >= 4 is 18.4 Å². The van der Waals surface area contributed by atoms with Gasteiger partial charge < -0.3 is 4.43 Å². The smallest absolute Gasteiger partial charge is 0.264 e. The van der Waals surface area contributed by atoms with Gasteiger partial charge in [-0.1, -0.05) is 83.4 Å². The molecule has 0 radical (unpaired) electrons. The summed E-state index contributed by atoms with van der Waals surface area (Å²) in [6.45, 7) is 26.4. The number of fused-ring (bicyclic) bond motifs is 5. The van der Waals surface area contributed by atoms with Gasteiger partial charge in [0.15, 0.2) is 8.32 Å². The van der Waals surface area contributed by atoms with Crippen molar-refractivity contribution in [2.24, 2.45) is 39.9 Å². The Kier molecular flexibility index (Phi) is 9.43. The minimum Gasteiger partial charge on any atom is -0.413 e. The number of rotatable bonds is 9. The fraction of sp³-hybridized carbons (Fsp3) is 0.833. The van der Waals surface area contributed by atoms with Crippen LogP contribution >= 0.6 is 0 Å². The summed E-state index contributed by atoms with van der Waals surface area (Å²) in [6.07, 6.45) is 17.9. The Morgan fingerprint density at radius 1 is 1.02 bits per heavy atom. The molecule has 0 aliphatic heterocycles. The first-order valence-electron chi connectivity index (χ1n) is 16.7. The van der Waals surface area contributed by atoms with Crippen molar-refractivity contribution in [3.05, 3.63) is 34.9 Å². The molecule has 4 aliphatic carbocycles. The lowest BCUT2D eigenvalue weighted by Gasteiger charge is -2.60. The second kappa shape index (κ2) is 11.6. The Bertz CT molecular complexity index is 1220. The Morgan fingerprint density at radius 3 is 2.29 bits per heavy atom. The molecule has 0 bridgehead atoms. The average Bonchev–Trinajstić information content (AvgIpc) is 3.19. The highest BCUT2D eigenvalue weighted by Crippen LogP contribution is 2.68. The monoisotopic (exact) mass is 618 g/mol. The van der Waals surface area contributed by atoms with Crippen molar-refractivity contribution in [3.63, 3.8) is 0 Å². The molecule has 3 fully saturated rings. The summed E-state index contributed by atoms with van der Waals surface area (Å²) >= 11 is 0. The second-order valence-electron chi connectivity index (χ2n) is 17.2. The lowest BCUT2D eigenvalue weighted by molar-refractivity contribution is -0.0137. The molecule has 3 saturated carbocycles. The van der Waals surface area contributed by atoms with E-state index in [0.717, 1.165) is 19.3 Å². The molecule has 7 atom stereocenters. The van der Waals surface area contributed by atoms with Crippen molar-refractivity contribution in [1.82, 2.24) is 0 Å². The number of hydrogen-bond donors (Lipinski definition) is 0. The SMILES string of the molecule is CC(C)=CCC[C@@H](COS(C)(=O)=O)[C@H]1CC[C@H]2C3=CC=C4C(C)(C)[C@@H](O[Si](C)(C)C(C)(C)C)CC[C@]4(C)[C@H]3CC[C@]12C. The van der Waals surface area contributed by atoms with Crippen molar-refractivity contribution in [3.8, 4) is 0 Å². The largest absolute Gasteiger partial charge is 0.413 e. The zero-order valence-corrected chi connectivity index (χ0v) is 30.8. The Morgan fingerprint density at radius 2 is 1.69 bits per heavy atom. The molecule has 4 aliphatic rings. The molecule has 0 saturated heterocycles. The minimum atomic E-state index is -3.46. The van der Waals surface area contributed by atoms with Crippen LogP contribution < -0.4 is 0 Å². The van der Waals surface area contributed by atoms with E-state index in [1.54, 1.807) is 11.1 Å². The first-order valence-corrected chi connectivity index (χ1v) is 21.4. The van der Waals surface area contributed by atoms with Crippen molar-refractivity contribution < 1.29 is 17.0 Å². The quantitative estimate of drug-likeness (QED) is 0.147. The van der Waals surface area contributed by atoms with Gasteiger partial charge in [0.2, 0.25) is 0 Å². The van der Waals surface area contributed by atoms with Crippen LogP contribution in [0.5, 0.6) is 0 Å². The predicted octanol–water partition coefficient (Wildman–Crippen LogP) is 9.85. The van der Waals surface area contributed by atoms with E-state index in [2.05, 4.69) is 93.6 Å². The van der Waals surface area contributed by atoms with Crippen LogP contribution in [0.4, 0.5) is 0 Å². The van der Waals surface area contributed by atoms with E-state index in [0.29, 0.717) is 24.4 Å². The summed E-state index contributed by atoms with van der Waals surface area (Å²) in [6, 6.07) is 0. The van der Waals surface area contributed by atoms with Crippen LogP contribution in [0.3, 0.4) is 0 Å². The van der Waals surface area contributed by atoms with Crippen LogP contribution in [0.2, 0.25) is 18.1 Å². The van der Waals surface area contributed by atoms with E-state index in [9.17, 15) is 8.42 Å². The fourth-order valence-electron chi connectivity index (χ4n) is 9.45. The highest BCUT2D eigenvalue weighted by Gasteiger charge is 2.60. The van der Waals surface area contributed by atoms with Crippen LogP contribution in [-0.2, 0) is 18.7 Å². The van der Waals surface area contributed by atoms with E-state index in [1.807, 2.05) is 0 Å². The molecule has 240 valence electrons. The highest BCUT2D eigenvalue weighted by molar-refractivity contribution is 7.85. The van der Waals surface area contributed by atoms with E-state index >= 15 is 0 Å². The third kappa shape index (κ3) is 6.35. The van der Waals surface area contributed by atoms with Crippen LogP contribution in [0, 0.1) is 39.9 Å². The number of hydrogen-bond acceptors (Lipinski definition) is 4. The van der Waals surface area contributed by atoms with Crippen LogP contribution in [0.25, 0.3) is 0 Å². The fourth-order valence-corrected chi connectivity index (χ4v) is 11.3. The maximum atomic E-state index is 12.0. The molecule has 0 N–H and O–H groups in total. The van der Waals surface area contributed by atoms with Gasteiger partial charge in [-0.05, 0) is 118 Å². The van der Waals surface area contributed by atoms with Gasteiger partial charge in [-0.2, -0.15) is 8.42 Å². The summed E-state index contributed by atoms with van der Waals surface area (Å²) in [7, 11) is -5.33. The van der Waals surface area contributed by atoms with Gasteiger partial charge in [0.05, 0.1) is 19.0 Å². The van der Waals surface area contributed by atoms with Gasteiger partial charge in [-0.25, -0.2) is 0 Å². The van der Waals surface area contributed by atoms with E-state index in [1.165, 1.54) is 43.9 Å². The van der Waals surface area contributed by atoms with Gasteiger partial charge in [0.1, 0.15) is 0 Å². The van der Waals surface area contributed by atoms with Crippen LogP contribution in [0.1, 0.15) is 114 Å². The summed E-state index contributed by atoms with van der Waals surface area (Å²) in [4.78, 5) is 0. The Labute approximate surface area is 260 Å². The molecule has 0 amide bonds. The normalized spacial score (nSPS) is 35.3. The Balaban J connectivity index is 1.62. The topological polar surface area (TPSA) is 52.6 Å². The van der Waals surface area contributed by atoms with E-state index in [-0.39, 0.29) is 33.3 Å². The van der Waals surface area contributed by atoms with Gasteiger partial charge in [-0.3, -0.25) is 4.18 Å². The summed E-state index contributed by atoms with van der Waals surface area (Å²) < 4.78 is 36.6. The third-order valence-corrected chi connectivity index (χ3v) is 17.9. The van der Waals surface area contributed by atoms with E-state index < -0.39 is 18.4 Å². The molecule has 0 heterocycles. The van der Waals surface area contributed by atoms with E-state index in [4.69, 9.17) is 8.61 Å². The van der Waals surface area contributed by atoms with Crippen LogP contribution in [-0.4, -0.2) is 35.7 Å². The molecule has 4 rings (SSSR count). The molecular formula is C36H62O4SSi. The predicted molar refractivity (Wildman–Crippen MR) is 179 cm³/mol. The van der Waals surface area contributed by atoms with Crippen LogP contribution in [0.15, 0.2) is 34.9 Å². The van der Waals surface area contributed by atoms with Crippen molar-refractivity contribution in [2.45, 2.75) is 138 Å². The molecule has 0 unspecified atom stereocenters. The van der Waals surface area contributed by atoms with Gasteiger partial charge in [0.25, 0.3) is 10.1 Å². The first-order chi connectivity index (χ1) is 19.1. The van der Waals surface area contributed by atoms with Gasteiger partial charge in [0, 0.05) is 5.41 Å². The standard InChI is InChI=1S/C36H62O4SSi/c1-25(2)14-13-15-26(24-39-41(10,37)38)28-17-18-29-27-16-19-31-34(6,7)32(40-42(11,12)33(3,4)5)21-23-36(31,9)30(27)20-22-35(28,29)8/h14,16,19,26,28-30,32H,13,15,17-18,20-24H2,1-12H3/t26-,28+,29-,30-,32-,35+,36+/m0/s1. The maximum absolute atomic E-state index is 12.0. The third-order valence-electron chi connectivity index (χ3n) is 12.8. The Hall–Kier alpha value is -0.693.